The summed E-state index contributed by atoms with van der Waals surface area (Å²) in [4.78, 5) is 19.4. The second-order valence-electron chi connectivity index (χ2n) is 4.33. The molecular formula is C14H11N3O3S. The van der Waals surface area contributed by atoms with Crippen LogP contribution in [-0.4, -0.2) is 26.2 Å². The molecule has 3 aromatic heterocycles. The summed E-state index contributed by atoms with van der Waals surface area (Å²) in [6.07, 6.45) is 5.99. The van der Waals surface area contributed by atoms with Crippen molar-refractivity contribution in [2.24, 2.45) is 0 Å². The van der Waals surface area contributed by atoms with E-state index in [1.165, 1.54) is 17.5 Å². The van der Waals surface area contributed by atoms with Crippen LogP contribution in [0.3, 0.4) is 0 Å². The van der Waals surface area contributed by atoms with Crippen LogP contribution in [0.25, 0.3) is 11.4 Å². The zero-order chi connectivity index (χ0) is 14.7. The molecule has 6 nitrogen and oxygen atoms in total. The molecule has 3 heterocycles. The maximum absolute atomic E-state index is 10.8. The fourth-order valence-corrected chi connectivity index (χ4v) is 2.67. The molecule has 0 unspecified atom stereocenters. The number of carboxylic acid groups (broad SMARTS) is 1. The van der Waals surface area contributed by atoms with Gasteiger partial charge in [0, 0.05) is 18.2 Å². The second-order valence-corrected chi connectivity index (χ2v) is 5.44. The minimum Gasteiger partial charge on any atom is -0.477 e. The molecule has 0 amide bonds. The van der Waals surface area contributed by atoms with Gasteiger partial charge in [-0.2, -0.15) is 0 Å². The molecular weight excluding hydrogens is 290 g/mol. The van der Waals surface area contributed by atoms with Gasteiger partial charge in [0.15, 0.2) is 0 Å². The number of rotatable bonds is 5. The first-order valence-electron chi connectivity index (χ1n) is 6.26. The molecule has 0 aliphatic carbocycles. The zero-order valence-electron chi connectivity index (χ0n) is 10.9. The molecule has 0 atom stereocenters. The van der Waals surface area contributed by atoms with Crippen molar-refractivity contribution in [2.45, 2.75) is 12.8 Å². The van der Waals surface area contributed by atoms with Crippen LogP contribution in [-0.2, 0) is 12.8 Å². The number of carbonyl (C=O) groups is 1. The normalized spacial score (nSPS) is 10.7. The lowest BCUT2D eigenvalue weighted by Gasteiger charge is -1.99. The van der Waals surface area contributed by atoms with Gasteiger partial charge in [-0.15, -0.1) is 11.3 Å². The molecule has 0 spiro atoms. The highest BCUT2D eigenvalue weighted by atomic mass is 32.1. The number of aryl methyl sites for hydroxylation is 2. The zero-order valence-corrected chi connectivity index (χ0v) is 11.7. The van der Waals surface area contributed by atoms with Crippen LogP contribution in [0.5, 0.6) is 0 Å². The standard InChI is InChI=1S/C14H11N3O3S/c18-14(19)11-7-16-12(21-11)5-4-9-8-20-17-13(9)10-3-1-2-6-15-10/h1-3,6-8H,4-5H2,(H,18,19). The first-order chi connectivity index (χ1) is 10.2. The second kappa shape index (κ2) is 5.84. The Balaban J connectivity index is 1.74. The van der Waals surface area contributed by atoms with Crippen molar-refractivity contribution >= 4 is 17.3 Å². The van der Waals surface area contributed by atoms with Gasteiger partial charge in [0.25, 0.3) is 0 Å². The summed E-state index contributed by atoms with van der Waals surface area (Å²) in [5, 5.41) is 13.6. The predicted molar refractivity (Wildman–Crippen MR) is 76.2 cm³/mol. The van der Waals surface area contributed by atoms with E-state index < -0.39 is 5.97 Å². The first-order valence-corrected chi connectivity index (χ1v) is 7.08. The van der Waals surface area contributed by atoms with Gasteiger partial charge in [-0.3, -0.25) is 4.98 Å². The Hall–Kier alpha value is -2.54. The SMILES string of the molecule is O=C(O)c1cnc(CCc2conc2-c2ccccn2)s1. The van der Waals surface area contributed by atoms with E-state index in [-0.39, 0.29) is 4.88 Å². The van der Waals surface area contributed by atoms with E-state index in [0.717, 1.165) is 16.3 Å². The molecule has 106 valence electrons. The van der Waals surface area contributed by atoms with Gasteiger partial charge in [-0.1, -0.05) is 11.2 Å². The molecule has 0 saturated heterocycles. The lowest BCUT2D eigenvalue weighted by atomic mass is 10.1. The van der Waals surface area contributed by atoms with Crippen LogP contribution < -0.4 is 0 Å². The largest absolute Gasteiger partial charge is 0.477 e. The van der Waals surface area contributed by atoms with Gasteiger partial charge in [-0.25, -0.2) is 9.78 Å². The number of thiazole rings is 1. The topological polar surface area (TPSA) is 89.1 Å². The molecule has 1 N–H and O–H groups in total. The number of aromatic carboxylic acids is 1. The van der Waals surface area contributed by atoms with E-state index in [1.54, 1.807) is 12.5 Å². The number of hydrogen-bond acceptors (Lipinski definition) is 6. The summed E-state index contributed by atoms with van der Waals surface area (Å²) in [5.41, 5.74) is 2.40. The van der Waals surface area contributed by atoms with Gasteiger partial charge in [0.1, 0.15) is 16.8 Å². The summed E-state index contributed by atoms with van der Waals surface area (Å²) in [6, 6.07) is 5.60. The molecule has 21 heavy (non-hydrogen) atoms. The van der Waals surface area contributed by atoms with Crippen molar-refractivity contribution < 1.29 is 14.4 Å². The van der Waals surface area contributed by atoms with Crippen LogP contribution in [0, 0.1) is 0 Å². The molecule has 0 saturated carbocycles. The van der Waals surface area contributed by atoms with E-state index in [2.05, 4.69) is 15.1 Å². The van der Waals surface area contributed by atoms with Crippen molar-refractivity contribution in [2.75, 3.05) is 0 Å². The van der Waals surface area contributed by atoms with Crippen molar-refractivity contribution in [3.63, 3.8) is 0 Å². The molecule has 0 fully saturated rings. The van der Waals surface area contributed by atoms with Crippen LogP contribution >= 0.6 is 11.3 Å². The quantitative estimate of drug-likeness (QED) is 0.779. The van der Waals surface area contributed by atoms with E-state index in [1.807, 2.05) is 18.2 Å². The summed E-state index contributed by atoms with van der Waals surface area (Å²) in [7, 11) is 0. The molecule has 0 bridgehead atoms. The Morgan fingerprint density at radius 1 is 1.29 bits per heavy atom. The first kappa shape index (κ1) is 13.4. The monoisotopic (exact) mass is 301 g/mol. The Morgan fingerprint density at radius 3 is 2.90 bits per heavy atom. The molecule has 0 aromatic carbocycles. The van der Waals surface area contributed by atoms with Crippen LogP contribution in [0.2, 0.25) is 0 Å². The van der Waals surface area contributed by atoms with E-state index in [0.29, 0.717) is 18.5 Å². The smallest absolute Gasteiger partial charge is 0.347 e. The average molecular weight is 301 g/mol. The molecule has 0 aliphatic rings. The third kappa shape index (κ3) is 2.97. The number of hydrogen-bond donors (Lipinski definition) is 1. The van der Waals surface area contributed by atoms with Crippen molar-refractivity contribution in [1.29, 1.82) is 0 Å². The van der Waals surface area contributed by atoms with Crippen LogP contribution in [0.1, 0.15) is 20.2 Å². The number of nitrogens with zero attached hydrogens (tertiary/aromatic N) is 3. The van der Waals surface area contributed by atoms with Crippen molar-refractivity contribution in [1.82, 2.24) is 15.1 Å². The van der Waals surface area contributed by atoms with Gasteiger partial charge in [-0.05, 0) is 18.6 Å². The summed E-state index contributed by atoms with van der Waals surface area (Å²) in [5.74, 6) is -0.946. The lowest BCUT2D eigenvalue weighted by molar-refractivity contribution is 0.0702. The number of aromatic nitrogens is 3. The highest BCUT2D eigenvalue weighted by Crippen LogP contribution is 2.22. The molecule has 0 radical (unpaired) electrons. The Bertz CT molecular complexity index is 752. The Morgan fingerprint density at radius 2 is 2.19 bits per heavy atom. The summed E-state index contributed by atoms with van der Waals surface area (Å²) < 4.78 is 5.03. The van der Waals surface area contributed by atoms with Crippen molar-refractivity contribution in [3.05, 3.63) is 52.3 Å². The molecule has 7 heteroatoms. The molecule has 3 rings (SSSR count). The summed E-state index contributed by atoms with van der Waals surface area (Å²) >= 11 is 1.19. The lowest BCUT2D eigenvalue weighted by Crippen LogP contribution is -1.93. The van der Waals surface area contributed by atoms with Gasteiger partial charge in [0.05, 0.1) is 16.9 Å². The van der Waals surface area contributed by atoms with Gasteiger partial charge in [0.2, 0.25) is 0 Å². The Labute approximate surface area is 124 Å². The third-order valence-electron chi connectivity index (χ3n) is 2.92. The van der Waals surface area contributed by atoms with Gasteiger partial charge < -0.3 is 9.63 Å². The van der Waals surface area contributed by atoms with E-state index in [9.17, 15) is 4.79 Å². The maximum atomic E-state index is 10.8. The fourth-order valence-electron chi connectivity index (χ4n) is 1.91. The van der Waals surface area contributed by atoms with E-state index >= 15 is 0 Å². The predicted octanol–water partition coefficient (Wildman–Crippen LogP) is 2.68. The minimum atomic E-state index is -0.946. The highest BCUT2D eigenvalue weighted by molar-refractivity contribution is 7.13. The summed E-state index contributed by atoms with van der Waals surface area (Å²) in [6.45, 7) is 0. The molecule has 3 aromatic rings. The van der Waals surface area contributed by atoms with Crippen LogP contribution in [0.15, 0.2) is 41.4 Å². The highest BCUT2D eigenvalue weighted by Gasteiger charge is 2.13. The van der Waals surface area contributed by atoms with Gasteiger partial charge >= 0.3 is 5.97 Å². The maximum Gasteiger partial charge on any atom is 0.347 e. The minimum absolute atomic E-state index is 0.250. The number of pyridine rings is 1. The van der Waals surface area contributed by atoms with Crippen LogP contribution in [0.4, 0.5) is 0 Å². The Kier molecular flexibility index (Phi) is 3.74. The molecule has 0 aliphatic heterocycles. The third-order valence-corrected chi connectivity index (χ3v) is 3.97. The fraction of sp³-hybridized carbons (Fsp3) is 0.143. The number of carboxylic acids is 1. The average Bonchev–Trinajstić information content (AvgIpc) is 3.15. The van der Waals surface area contributed by atoms with E-state index in [4.69, 9.17) is 9.63 Å². The van der Waals surface area contributed by atoms with Crippen molar-refractivity contribution in [3.8, 4) is 11.4 Å².